The highest BCUT2D eigenvalue weighted by molar-refractivity contribution is 6.58. The molecule has 1 saturated heterocycles. The van der Waals surface area contributed by atoms with Gasteiger partial charge in [-0.3, -0.25) is 19.5 Å². The van der Waals surface area contributed by atoms with Crippen LogP contribution in [0.5, 0.6) is 5.75 Å². The van der Waals surface area contributed by atoms with Crippen molar-refractivity contribution in [3.8, 4) is 5.75 Å². The summed E-state index contributed by atoms with van der Waals surface area (Å²) in [5, 5.41) is 51.2. The summed E-state index contributed by atoms with van der Waals surface area (Å²) in [6.45, 7) is -0.338. The number of anilines is 1. The fourth-order valence-corrected chi connectivity index (χ4v) is 6.39. The number of phenolic OH excluding ortho intramolecular Hbond substituents is 1. The van der Waals surface area contributed by atoms with E-state index in [0.29, 0.717) is 17.6 Å². The molecule has 228 valence electrons. The van der Waals surface area contributed by atoms with Crippen molar-refractivity contribution in [3.05, 3.63) is 95.3 Å². The molecule has 0 unspecified atom stereocenters. The zero-order chi connectivity index (χ0) is 31.4. The van der Waals surface area contributed by atoms with Crippen molar-refractivity contribution in [1.29, 1.82) is 0 Å². The normalized spacial score (nSPS) is 21.1. The summed E-state index contributed by atoms with van der Waals surface area (Å²) in [7, 11) is -0.262. The Hall–Kier alpha value is -4.13. The number of aromatic hydroxyl groups is 1. The van der Waals surface area contributed by atoms with Gasteiger partial charge in [0.2, 0.25) is 11.8 Å². The van der Waals surface area contributed by atoms with E-state index >= 15 is 0 Å². The number of methoxy groups -OCH3 is 1. The highest BCUT2D eigenvalue weighted by atomic mass is 16.5. The maximum atomic E-state index is 13.8. The second-order valence-electron chi connectivity index (χ2n) is 11.1. The fraction of sp³-hybridized carbons (Fsp3) is 0.303. The first kappa shape index (κ1) is 31.3. The van der Waals surface area contributed by atoms with Gasteiger partial charge in [0.15, 0.2) is 0 Å². The summed E-state index contributed by atoms with van der Waals surface area (Å²) in [6.07, 6.45) is 3.41. The Bertz CT molecular complexity index is 1560. The third-order valence-electron chi connectivity index (χ3n) is 8.40. The summed E-state index contributed by atoms with van der Waals surface area (Å²) < 4.78 is 5.44. The molecule has 2 aromatic carbocycles. The number of ether oxygens (including phenoxy) is 1. The van der Waals surface area contributed by atoms with Crippen molar-refractivity contribution < 1.29 is 39.7 Å². The molecule has 0 spiro atoms. The molecule has 11 heteroatoms. The summed E-state index contributed by atoms with van der Waals surface area (Å²) in [4.78, 5) is 33.0. The number of pyridine rings is 1. The minimum atomic E-state index is -1.77. The molecule has 0 bridgehead atoms. The van der Waals surface area contributed by atoms with Crippen molar-refractivity contribution in [3.63, 3.8) is 0 Å². The number of imide groups is 1. The molecule has 1 fully saturated rings. The average molecular weight is 598 g/mol. The molecule has 10 nitrogen and oxygen atoms in total. The van der Waals surface area contributed by atoms with E-state index in [9.17, 15) is 35.0 Å². The molecule has 0 radical (unpaired) electrons. The smallest absolute Gasteiger partial charge is 0.488 e. The fourth-order valence-electron chi connectivity index (χ4n) is 6.39. The maximum absolute atomic E-state index is 13.8. The van der Waals surface area contributed by atoms with Crippen molar-refractivity contribution in [1.82, 2.24) is 4.98 Å². The summed E-state index contributed by atoms with van der Waals surface area (Å²) in [5.74, 6) is -3.28. The number of allylic oxidation sites excluding steroid dienone is 1. The van der Waals surface area contributed by atoms with E-state index < -0.39 is 49.4 Å². The molecule has 1 aliphatic heterocycles. The van der Waals surface area contributed by atoms with Gasteiger partial charge in [-0.05, 0) is 89.5 Å². The number of hydrogen-bond acceptors (Lipinski definition) is 9. The van der Waals surface area contributed by atoms with E-state index in [1.54, 1.807) is 36.5 Å². The summed E-state index contributed by atoms with van der Waals surface area (Å²) in [5.41, 5.74) is 3.94. The van der Waals surface area contributed by atoms with Gasteiger partial charge in [-0.25, -0.2) is 0 Å². The van der Waals surface area contributed by atoms with Gasteiger partial charge in [0.25, 0.3) is 0 Å². The largest absolute Gasteiger partial charge is 0.508 e. The molecule has 1 aliphatic carbocycles. The number of hydrogen-bond donors (Lipinski definition) is 5. The van der Waals surface area contributed by atoms with Gasteiger partial charge >= 0.3 is 7.12 Å². The monoisotopic (exact) mass is 598 g/mol. The zero-order valence-corrected chi connectivity index (χ0v) is 24.3. The van der Waals surface area contributed by atoms with Crippen LogP contribution in [0.4, 0.5) is 5.69 Å². The van der Waals surface area contributed by atoms with Crippen LogP contribution in [0.25, 0.3) is 11.6 Å². The Kier molecular flexibility index (Phi) is 9.72. The number of benzene rings is 2. The summed E-state index contributed by atoms with van der Waals surface area (Å²) >= 11 is 0. The van der Waals surface area contributed by atoms with E-state index in [1.165, 1.54) is 25.3 Å². The van der Waals surface area contributed by atoms with Crippen molar-refractivity contribution in [2.75, 3.05) is 25.2 Å². The Labute approximate surface area is 255 Å². The topological polar surface area (TPSA) is 161 Å². The van der Waals surface area contributed by atoms with Gasteiger partial charge in [-0.2, -0.15) is 0 Å². The van der Waals surface area contributed by atoms with E-state index in [2.05, 4.69) is 4.98 Å². The molecular formula is C33H35BN2O8. The van der Waals surface area contributed by atoms with Gasteiger partial charge in [-0.1, -0.05) is 30.3 Å². The van der Waals surface area contributed by atoms with Crippen LogP contribution in [0.3, 0.4) is 0 Å². The first-order valence-electron chi connectivity index (χ1n) is 14.5. The Morgan fingerprint density at radius 1 is 1.09 bits per heavy atom. The van der Waals surface area contributed by atoms with Crippen molar-refractivity contribution in [2.45, 2.75) is 25.4 Å². The second kappa shape index (κ2) is 13.7. The molecule has 2 aliphatic rings. The van der Waals surface area contributed by atoms with Crippen LogP contribution in [0.2, 0.25) is 0 Å². The highest BCUT2D eigenvalue weighted by Gasteiger charge is 2.55. The SMILES string of the molecule is COCC1=C([C@H](O)CC/C(=C/c2ccc(O)cc2)c2ccccn2)[C@H](CO)[C@@H]2C(=O)N(c3cccc(B(O)O)c3)C(=O)[C@@H]2C1. The first-order chi connectivity index (χ1) is 21.2. The van der Waals surface area contributed by atoms with E-state index in [1.807, 2.05) is 24.3 Å². The Balaban J connectivity index is 1.44. The van der Waals surface area contributed by atoms with Crippen LogP contribution < -0.4 is 10.4 Å². The number of aliphatic hydroxyl groups excluding tert-OH is 2. The van der Waals surface area contributed by atoms with E-state index in [4.69, 9.17) is 4.74 Å². The quantitative estimate of drug-likeness (QED) is 0.126. The molecule has 5 rings (SSSR count). The predicted molar refractivity (Wildman–Crippen MR) is 165 cm³/mol. The number of carbonyl (C=O) groups is 2. The first-order valence-corrected chi connectivity index (χ1v) is 14.5. The maximum Gasteiger partial charge on any atom is 0.488 e. The molecule has 4 atom stereocenters. The van der Waals surface area contributed by atoms with Gasteiger partial charge in [0.1, 0.15) is 5.75 Å². The van der Waals surface area contributed by atoms with Crippen LogP contribution in [0.1, 0.15) is 30.5 Å². The zero-order valence-electron chi connectivity index (χ0n) is 24.3. The number of aliphatic hydroxyl groups is 2. The standard InChI is InChI=1S/C33H35BN2O8/c1-44-19-22-16-26-31(33(41)36(32(26)40)24-6-4-5-23(17-24)34(42)43)27(18-37)30(22)29(39)13-10-21(28-7-2-3-14-35-28)15-20-8-11-25(38)12-9-20/h2-9,11-12,14-15,17,26-27,29,31,37-39,42-43H,10,13,16,18-19H2,1H3/b21-15-/t26-,27+,29-,31-/m1/s1. The average Bonchev–Trinajstić information content (AvgIpc) is 3.28. The number of carbonyl (C=O) groups excluding carboxylic acids is 2. The van der Waals surface area contributed by atoms with Crippen LogP contribution in [0, 0.1) is 17.8 Å². The Morgan fingerprint density at radius 2 is 1.86 bits per heavy atom. The lowest BCUT2D eigenvalue weighted by Gasteiger charge is -2.36. The molecule has 1 aromatic heterocycles. The van der Waals surface area contributed by atoms with Gasteiger partial charge in [-0.15, -0.1) is 0 Å². The van der Waals surface area contributed by atoms with Gasteiger partial charge < -0.3 is 30.1 Å². The van der Waals surface area contributed by atoms with Crippen LogP contribution >= 0.6 is 0 Å². The predicted octanol–water partition coefficient (Wildman–Crippen LogP) is 1.91. The number of nitrogens with zero attached hydrogens (tertiary/aromatic N) is 2. The Morgan fingerprint density at radius 3 is 2.52 bits per heavy atom. The molecule has 2 amide bonds. The molecule has 0 saturated carbocycles. The third-order valence-corrected chi connectivity index (χ3v) is 8.40. The summed E-state index contributed by atoms with van der Waals surface area (Å²) in [6, 6.07) is 18.2. The van der Waals surface area contributed by atoms with Gasteiger partial charge in [0, 0.05) is 19.2 Å². The molecule has 2 heterocycles. The van der Waals surface area contributed by atoms with Gasteiger partial charge in [0.05, 0.1) is 42.5 Å². The third kappa shape index (κ3) is 6.38. The van der Waals surface area contributed by atoms with Crippen molar-refractivity contribution >= 4 is 41.7 Å². The number of amides is 2. The molecule has 44 heavy (non-hydrogen) atoms. The minimum absolute atomic E-state index is 0.121. The van der Waals surface area contributed by atoms with E-state index in [-0.39, 0.29) is 36.3 Å². The minimum Gasteiger partial charge on any atom is -0.508 e. The van der Waals surface area contributed by atoms with Crippen molar-refractivity contribution in [2.24, 2.45) is 17.8 Å². The van der Waals surface area contributed by atoms with Crippen LogP contribution in [-0.2, 0) is 14.3 Å². The lowest BCUT2D eigenvalue weighted by Crippen LogP contribution is -2.39. The van der Waals surface area contributed by atoms with Crippen LogP contribution in [-0.4, -0.2) is 75.7 Å². The molecule has 5 N–H and O–H groups in total. The van der Waals surface area contributed by atoms with E-state index in [0.717, 1.165) is 21.7 Å². The number of rotatable bonds is 11. The molecular weight excluding hydrogens is 563 g/mol. The molecule has 3 aromatic rings. The highest BCUT2D eigenvalue weighted by Crippen LogP contribution is 2.47. The lowest BCUT2D eigenvalue weighted by atomic mass is 9.68. The second-order valence-corrected chi connectivity index (χ2v) is 11.1. The number of fused-ring (bicyclic) bond motifs is 1. The number of aromatic nitrogens is 1. The lowest BCUT2D eigenvalue weighted by molar-refractivity contribution is -0.123. The van der Waals surface area contributed by atoms with Crippen LogP contribution in [0.15, 0.2) is 84.1 Å². The number of phenols is 1.